The predicted molar refractivity (Wildman–Crippen MR) is 90.2 cm³/mol. The highest BCUT2D eigenvalue weighted by molar-refractivity contribution is 5.68. The number of hydrogen-bond donors (Lipinski definition) is 1. The van der Waals surface area contributed by atoms with Crippen LogP contribution in [0.1, 0.15) is 44.9 Å². The standard InChI is InChI=1S/C18H28N2O3/c1-14(21)16-7-5-6-15(12-16)13-19-8-10-20(11-9-19)17(22)23-18(2,3)4/h5-7,12,14,21H,8-11,13H2,1-4H3. The number of aliphatic hydroxyl groups excluding tert-OH is 1. The number of aliphatic hydroxyl groups is 1. The fourth-order valence-electron chi connectivity index (χ4n) is 2.62. The van der Waals surface area contributed by atoms with E-state index in [1.807, 2.05) is 39.0 Å². The number of carbonyl (C=O) groups excluding carboxylic acids is 1. The third-order valence-electron chi connectivity index (χ3n) is 3.86. The number of piperazine rings is 1. The summed E-state index contributed by atoms with van der Waals surface area (Å²) < 4.78 is 5.41. The molecule has 1 aromatic rings. The van der Waals surface area contributed by atoms with Gasteiger partial charge in [-0.3, -0.25) is 4.90 Å². The molecule has 1 aliphatic heterocycles. The third-order valence-corrected chi connectivity index (χ3v) is 3.86. The highest BCUT2D eigenvalue weighted by atomic mass is 16.6. The highest BCUT2D eigenvalue weighted by Crippen LogP contribution is 2.17. The molecule has 1 N–H and O–H groups in total. The van der Waals surface area contributed by atoms with Crippen molar-refractivity contribution in [3.05, 3.63) is 35.4 Å². The van der Waals surface area contributed by atoms with E-state index >= 15 is 0 Å². The molecule has 1 saturated heterocycles. The molecule has 128 valence electrons. The third kappa shape index (κ3) is 5.52. The number of hydrogen-bond acceptors (Lipinski definition) is 4. The van der Waals surface area contributed by atoms with Crippen molar-refractivity contribution in [2.45, 2.75) is 45.9 Å². The van der Waals surface area contributed by atoms with Crippen LogP contribution in [0.15, 0.2) is 24.3 Å². The molecule has 1 amide bonds. The van der Waals surface area contributed by atoms with E-state index in [2.05, 4.69) is 11.0 Å². The number of carbonyl (C=O) groups is 1. The molecule has 5 heteroatoms. The molecule has 0 spiro atoms. The van der Waals surface area contributed by atoms with Crippen LogP contribution in [0.2, 0.25) is 0 Å². The van der Waals surface area contributed by atoms with Crippen LogP contribution < -0.4 is 0 Å². The monoisotopic (exact) mass is 320 g/mol. The Balaban J connectivity index is 1.85. The van der Waals surface area contributed by atoms with Gasteiger partial charge in [0.2, 0.25) is 0 Å². The van der Waals surface area contributed by atoms with E-state index in [0.717, 1.165) is 25.2 Å². The Morgan fingerprint density at radius 2 is 1.91 bits per heavy atom. The van der Waals surface area contributed by atoms with Crippen molar-refractivity contribution in [3.8, 4) is 0 Å². The summed E-state index contributed by atoms with van der Waals surface area (Å²) in [6, 6.07) is 8.04. The van der Waals surface area contributed by atoms with E-state index in [9.17, 15) is 9.90 Å². The first-order valence-electron chi connectivity index (χ1n) is 8.22. The number of ether oxygens (including phenoxy) is 1. The first-order chi connectivity index (χ1) is 10.7. The van der Waals surface area contributed by atoms with E-state index in [-0.39, 0.29) is 6.09 Å². The smallest absolute Gasteiger partial charge is 0.410 e. The lowest BCUT2D eigenvalue weighted by molar-refractivity contribution is 0.0139. The van der Waals surface area contributed by atoms with Gasteiger partial charge in [0.1, 0.15) is 5.60 Å². The molecule has 0 aliphatic carbocycles. The first-order valence-corrected chi connectivity index (χ1v) is 8.22. The quantitative estimate of drug-likeness (QED) is 0.930. The SMILES string of the molecule is CC(O)c1cccc(CN2CCN(C(=O)OC(C)(C)C)CC2)c1. The van der Waals surface area contributed by atoms with Crippen LogP contribution in [0.25, 0.3) is 0 Å². The van der Waals surface area contributed by atoms with Gasteiger partial charge < -0.3 is 14.7 Å². The molecule has 1 aromatic carbocycles. The highest BCUT2D eigenvalue weighted by Gasteiger charge is 2.25. The van der Waals surface area contributed by atoms with Crippen molar-refractivity contribution >= 4 is 6.09 Å². The molecular formula is C18H28N2O3. The Morgan fingerprint density at radius 3 is 2.48 bits per heavy atom. The Morgan fingerprint density at radius 1 is 1.26 bits per heavy atom. The van der Waals surface area contributed by atoms with E-state index in [0.29, 0.717) is 13.1 Å². The molecule has 1 unspecified atom stereocenters. The van der Waals surface area contributed by atoms with Crippen LogP contribution in [0.4, 0.5) is 4.79 Å². The zero-order valence-corrected chi connectivity index (χ0v) is 14.6. The second-order valence-electron chi connectivity index (χ2n) is 7.16. The molecule has 0 aromatic heterocycles. The van der Waals surface area contributed by atoms with Gasteiger partial charge in [-0.1, -0.05) is 24.3 Å². The van der Waals surface area contributed by atoms with E-state index in [4.69, 9.17) is 4.74 Å². The lowest BCUT2D eigenvalue weighted by Gasteiger charge is -2.35. The van der Waals surface area contributed by atoms with Crippen molar-refractivity contribution in [2.24, 2.45) is 0 Å². The van der Waals surface area contributed by atoms with Crippen molar-refractivity contribution in [1.29, 1.82) is 0 Å². The minimum atomic E-state index is -0.449. The lowest BCUT2D eigenvalue weighted by Crippen LogP contribution is -2.49. The maximum Gasteiger partial charge on any atom is 0.410 e. The van der Waals surface area contributed by atoms with Gasteiger partial charge >= 0.3 is 6.09 Å². The van der Waals surface area contributed by atoms with Crippen LogP contribution in [-0.4, -0.2) is 52.8 Å². The summed E-state index contributed by atoms with van der Waals surface area (Å²) in [4.78, 5) is 16.1. The maximum absolute atomic E-state index is 12.1. The average molecular weight is 320 g/mol. The number of benzene rings is 1. The minimum absolute atomic E-state index is 0.228. The number of rotatable bonds is 3. The summed E-state index contributed by atoms with van der Waals surface area (Å²) >= 11 is 0. The molecule has 1 fully saturated rings. The van der Waals surface area contributed by atoms with Crippen molar-refractivity contribution in [1.82, 2.24) is 9.80 Å². The largest absolute Gasteiger partial charge is 0.444 e. The molecule has 0 saturated carbocycles. The first kappa shape index (κ1) is 17.8. The predicted octanol–water partition coefficient (Wildman–Crippen LogP) is 2.79. The van der Waals surface area contributed by atoms with Crippen molar-refractivity contribution in [2.75, 3.05) is 26.2 Å². The molecule has 23 heavy (non-hydrogen) atoms. The van der Waals surface area contributed by atoms with Crippen LogP contribution >= 0.6 is 0 Å². The summed E-state index contributed by atoms with van der Waals surface area (Å²) in [6.07, 6.45) is -0.674. The lowest BCUT2D eigenvalue weighted by atomic mass is 10.1. The summed E-state index contributed by atoms with van der Waals surface area (Å²) in [6.45, 7) is 11.3. The van der Waals surface area contributed by atoms with Gasteiger partial charge in [-0.2, -0.15) is 0 Å². The molecule has 0 bridgehead atoms. The fraction of sp³-hybridized carbons (Fsp3) is 0.611. The maximum atomic E-state index is 12.1. The summed E-state index contributed by atoms with van der Waals surface area (Å²) in [5.74, 6) is 0. The Kier molecular flexibility index (Phi) is 5.65. The summed E-state index contributed by atoms with van der Waals surface area (Å²) in [5, 5.41) is 9.67. The topological polar surface area (TPSA) is 53.0 Å². The Bertz CT molecular complexity index is 529. The number of nitrogens with zero attached hydrogens (tertiary/aromatic N) is 2. The summed E-state index contributed by atoms with van der Waals surface area (Å²) in [7, 11) is 0. The zero-order valence-electron chi connectivity index (χ0n) is 14.6. The van der Waals surface area contributed by atoms with Gasteiger partial charge in [0.25, 0.3) is 0 Å². The van der Waals surface area contributed by atoms with Gasteiger partial charge in [0, 0.05) is 32.7 Å². The minimum Gasteiger partial charge on any atom is -0.444 e. The van der Waals surface area contributed by atoms with Crippen LogP contribution in [-0.2, 0) is 11.3 Å². The number of amides is 1. The van der Waals surface area contributed by atoms with E-state index in [1.54, 1.807) is 11.8 Å². The Hall–Kier alpha value is -1.59. The van der Waals surface area contributed by atoms with Crippen molar-refractivity contribution < 1.29 is 14.6 Å². The molecule has 5 nitrogen and oxygen atoms in total. The van der Waals surface area contributed by atoms with Gasteiger partial charge in [-0.25, -0.2) is 4.79 Å². The van der Waals surface area contributed by atoms with Crippen molar-refractivity contribution in [3.63, 3.8) is 0 Å². The van der Waals surface area contributed by atoms with Crippen LogP contribution in [0.5, 0.6) is 0 Å². The molecule has 1 atom stereocenters. The van der Waals surface area contributed by atoms with E-state index < -0.39 is 11.7 Å². The van der Waals surface area contributed by atoms with Gasteiger partial charge in [-0.05, 0) is 38.8 Å². The fourth-order valence-corrected chi connectivity index (χ4v) is 2.62. The second kappa shape index (κ2) is 7.32. The summed E-state index contributed by atoms with van der Waals surface area (Å²) in [5.41, 5.74) is 1.68. The van der Waals surface area contributed by atoms with E-state index in [1.165, 1.54) is 5.56 Å². The van der Waals surface area contributed by atoms with Gasteiger partial charge in [-0.15, -0.1) is 0 Å². The molecule has 1 heterocycles. The van der Waals surface area contributed by atoms with Gasteiger partial charge in [0.05, 0.1) is 6.10 Å². The second-order valence-corrected chi connectivity index (χ2v) is 7.16. The molecule has 0 radical (unpaired) electrons. The van der Waals surface area contributed by atoms with Crippen LogP contribution in [0.3, 0.4) is 0 Å². The normalized spacial score (nSPS) is 17.9. The van der Waals surface area contributed by atoms with Crippen LogP contribution in [0, 0.1) is 0 Å². The average Bonchev–Trinajstić information content (AvgIpc) is 2.46. The molecule has 1 aliphatic rings. The zero-order chi connectivity index (χ0) is 17.0. The Labute approximate surface area is 138 Å². The molecule has 2 rings (SSSR count). The molecular weight excluding hydrogens is 292 g/mol. The van der Waals surface area contributed by atoms with Gasteiger partial charge in [0.15, 0.2) is 0 Å².